The van der Waals surface area contributed by atoms with Crippen LogP contribution in [0.15, 0.2) is 47.5 Å². The fourth-order valence-corrected chi connectivity index (χ4v) is 14.1. The number of halogens is 1. The molecule has 14 nitrogen and oxygen atoms in total. The van der Waals surface area contributed by atoms with E-state index in [0.29, 0.717) is 44.8 Å². The first kappa shape index (κ1) is 46.2. The first-order chi connectivity index (χ1) is 31.1. The van der Waals surface area contributed by atoms with Crippen LogP contribution in [0.5, 0.6) is 5.75 Å². The molecule has 7 aliphatic rings. The zero-order valence-electron chi connectivity index (χ0n) is 39.1. The number of carbonyl (C=O) groups is 1. The average molecular weight is 927 g/mol. The summed E-state index contributed by atoms with van der Waals surface area (Å²) in [5, 5.41) is 25.0. The smallest absolute Gasteiger partial charge is 0.489 e. The lowest BCUT2D eigenvalue weighted by Crippen LogP contribution is -2.75. The molecule has 9 unspecified atom stereocenters. The van der Waals surface area contributed by atoms with Gasteiger partial charge in [0.05, 0.1) is 40.9 Å². The van der Waals surface area contributed by atoms with Crippen molar-refractivity contribution in [1.29, 1.82) is 5.26 Å². The van der Waals surface area contributed by atoms with E-state index in [9.17, 15) is 10.1 Å². The number of ether oxygens (including phenoxy) is 2. The van der Waals surface area contributed by atoms with Crippen LogP contribution in [-0.4, -0.2) is 119 Å². The maximum absolute atomic E-state index is 13.8. The van der Waals surface area contributed by atoms with Gasteiger partial charge >= 0.3 is 5.96 Å². The molecule has 6 N–H and O–H groups in total. The molecule has 65 heavy (non-hydrogen) atoms. The highest BCUT2D eigenvalue weighted by atomic mass is 35.5. The summed E-state index contributed by atoms with van der Waals surface area (Å²) >= 11 is 8.40. The molecule has 9 rings (SSSR count). The SMILES string of the molecule is CC1SC2C(C(c3ccc(N[C@@H]4CCCC[C@H](NC5=[N+]=CC(C(=O)NC6C(C)(C)C(Oc7ccc(C#N)c(Cl)c7)C6(C)C)C=[N+]5C)C4)cc3)=NC(CC3NCCO3)C3NNC(C)N32)C1C. The monoisotopic (exact) mass is 925 g/mol. The molecular formula is C49H68ClN11O3S+2. The van der Waals surface area contributed by atoms with E-state index in [0.717, 1.165) is 63.3 Å². The zero-order valence-corrected chi connectivity index (χ0v) is 40.7. The van der Waals surface area contributed by atoms with E-state index in [4.69, 9.17) is 30.7 Å². The van der Waals surface area contributed by atoms with Crippen molar-refractivity contribution in [3.63, 3.8) is 0 Å². The van der Waals surface area contributed by atoms with Crippen molar-refractivity contribution in [2.24, 2.45) is 33.6 Å². The second-order valence-electron chi connectivity index (χ2n) is 20.6. The number of anilines is 1. The molecule has 16 heteroatoms. The lowest BCUT2D eigenvalue weighted by Gasteiger charge is -2.63. The van der Waals surface area contributed by atoms with Crippen molar-refractivity contribution in [3.8, 4) is 11.8 Å². The Hall–Kier alpha value is -3.97. The number of hydrazine groups is 1. The molecule has 348 valence electrons. The highest BCUT2D eigenvalue weighted by Gasteiger charge is 2.64. The predicted octanol–water partition coefficient (Wildman–Crippen LogP) is 5.05. The van der Waals surface area contributed by atoms with Crippen LogP contribution >= 0.6 is 23.4 Å². The lowest BCUT2D eigenvalue weighted by molar-refractivity contribution is -0.374. The summed E-state index contributed by atoms with van der Waals surface area (Å²) in [6.07, 6.45) is 10.1. The molecule has 1 amide bonds. The van der Waals surface area contributed by atoms with Crippen LogP contribution in [0.1, 0.15) is 98.1 Å². The standard InChI is InChI=1S/C49H66ClN11O3S/c1-27-28(2)65-44-40(27)41(56-38(23-39-52-19-20-63-39)42-59-58-29(3)61(42)44)30-13-16-33(17-14-30)54-34-11-9-10-12-35(21-34)55-47-53-25-32(26-60(47)8)43(62)57-45-48(4,5)46(49(45,6)7)64-36-18-15-31(24-51)37(50)22-36/h13-18,22,25-29,32,34-35,38-40,42,44-46,52,58-59H,9-12,19-21,23H2,1-8H3,(H-,54,56,57,62)/p+2/t27?,28?,29?,32?,34-,35+,38?,39?,40?,42?,44?,45?,46?/m1/s1. The summed E-state index contributed by atoms with van der Waals surface area (Å²) in [5.41, 5.74) is 10.4. The first-order valence-corrected chi connectivity index (χ1v) is 25.1. The number of hydrogen-bond acceptors (Lipinski definition) is 12. The number of guanidine groups is 1. The quantitative estimate of drug-likeness (QED) is 0.107. The first-order valence-electron chi connectivity index (χ1n) is 23.8. The number of hydrogen-bond donors (Lipinski definition) is 6. The third kappa shape index (κ3) is 9.10. The number of nitriles is 1. The Bertz CT molecular complexity index is 2270. The van der Waals surface area contributed by atoms with Crippen LogP contribution < -0.4 is 41.5 Å². The number of benzene rings is 2. The molecular weight excluding hydrogens is 858 g/mol. The van der Waals surface area contributed by atoms with Gasteiger partial charge in [0.1, 0.15) is 43.5 Å². The average Bonchev–Trinajstić information content (AvgIpc) is 3.93. The summed E-state index contributed by atoms with van der Waals surface area (Å²) in [5.74, 6) is 1.57. The number of rotatable bonds is 10. The van der Waals surface area contributed by atoms with Crippen LogP contribution in [0.25, 0.3) is 0 Å². The number of nitrogens with zero attached hydrogens (tertiary/aromatic N) is 5. The van der Waals surface area contributed by atoms with E-state index in [1.165, 1.54) is 11.3 Å². The Balaban J connectivity index is 0.836. The second kappa shape index (κ2) is 18.6. The van der Waals surface area contributed by atoms with E-state index in [1.54, 1.807) is 24.4 Å². The Morgan fingerprint density at radius 1 is 1.08 bits per heavy atom. The van der Waals surface area contributed by atoms with Gasteiger partial charge in [-0.05, 0) is 61.9 Å². The molecule has 11 atom stereocenters. The molecule has 0 bridgehead atoms. The van der Waals surface area contributed by atoms with E-state index < -0.39 is 5.92 Å². The van der Waals surface area contributed by atoms with Gasteiger partial charge in [0.15, 0.2) is 5.92 Å². The highest BCUT2D eigenvalue weighted by Crippen LogP contribution is 2.56. The summed E-state index contributed by atoms with van der Waals surface area (Å²) in [7, 11) is 1.96. The molecule has 0 spiro atoms. The van der Waals surface area contributed by atoms with Gasteiger partial charge in [0.2, 0.25) is 12.1 Å². The number of thioether (sulfide) groups is 1. The second-order valence-corrected chi connectivity index (χ2v) is 22.5. The largest absolute Gasteiger partial charge is 0.627 e. The zero-order chi connectivity index (χ0) is 45.8. The van der Waals surface area contributed by atoms with Crippen molar-refractivity contribution >= 4 is 59.1 Å². The highest BCUT2D eigenvalue weighted by molar-refractivity contribution is 8.00. The number of amides is 1. The van der Waals surface area contributed by atoms with Gasteiger partial charge < -0.3 is 20.1 Å². The molecule has 0 radical (unpaired) electrons. The normalized spacial score (nSPS) is 36.1. The molecule has 2 saturated carbocycles. The maximum atomic E-state index is 13.8. The van der Waals surface area contributed by atoms with Crippen molar-refractivity contribution in [2.75, 3.05) is 25.5 Å². The van der Waals surface area contributed by atoms with Gasteiger partial charge in [0, 0.05) is 70.9 Å². The fourth-order valence-electron chi connectivity index (χ4n) is 12.0. The van der Waals surface area contributed by atoms with Crippen molar-refractivity contribution in [1.82, 2.24) is 36.4 Å². The van der Waals surface area contributed by atoms with E-state index in [2.05, 4.69) is 128 Å². The van der Waals surface area contributed by atoms with Gasteiger partial charge in [-0.15, -0.1) is 21.0 Å². The Morgan fingerprint density at radius 3 is 2.49 bits per heavy atom. The maximum Gasteiger partial charge on any atom is 0.627 e. The number of nitrogens with one attached hydrogen (secondary N) is 6. The lowest BCUT2D eigenvalue weighted by atomic mass is 9.49. The fraction of sp³-hybridized carbons (Fsp3) is 0.633. The molecule has 2 aliphatic carbocycles. The van der Waals surface area contributed by atoms with E-state index in [1.807, 2.05) is 17.8 Å². The van der Waals surface area contributed by atoms with Crippen LogP contribution in [0.4, 0.5) is 5.69 Å². The third-order valence-corrected chi connectivity index (χ3v) is 17.3. The number of carbonyl (C=O) groups excluding carboxylic acids is 1. The van der Waals surface area contributed by atoms with Crippen molar-refractivity contribution in [3.05, 3.63) is 58.6 Å². The minimum absolute atomic E-state index is 0.0132. The molecule has 5 fully saturated rings. The molecule has 2 aromatic rings. The van der Waals surface area contributed by atoms with Crippen LogP contribution in [0.3, 0.4) is 0 Å². The minimum atomic E-state index is -0.506. The number of aliphatic imine (C=N–C) groups is 1. The van der Waals surface area contributed by atoms with Crippen LogP contribution in [-0.2, 0) is 9.53 Å². The predicted molar refractivity (Wildman–Crippen MR) is 260 cm³/mol. The van der Waals surface area contributed by atoms with Crippen molar-refractivity contribution < 1.29 is 18.8 Å². The van der Waals surface area contributed by atoms with Crippen LogP contribution in [0, 0.1) is 39.9 Å². The van der Waals surface area contributed by atoms with Crippen molar-refractivity contribution in [2.45, 2.75) is 146 Å². The topological polar surface area (TPSA) is 164 Å². The van der Waals surface area contributed by atoms with Gasteiger partial charge in [-0.2, -0.15) is 10.6 Å². The summed E-state index contributed by atoms with van der Waals surface area (Å²) in [6.45, 7) is 17.1. The van der Waals surface area contributed by atoms with E-state index in [-0.39, 0.29) is 59.5 Å². The minimum Gasteiger partial charge on any atom is -0.489 e. The van der Waals surface area contributed by atoms with Gasteiger partial charge in [0.25, 0.3) is 0 Å². The molecule has 0 aromatic heterocycles. The Labute approximate surface area is 393 Å². The third-order valence-electron chi connectivity index (χ3n) is 15.3. The van der Waals surface area contributed by atoms with Gasteiger partial charge in [-0.1, -0.05) is 71.7 Å². The summed E-state index contributed by atoms with van der Waals surface area (Å²) in [6, 6.07) is 16.7. The number of fused-ring (bicyclic) bond motifs is 3. The van der Waals surface area contributed by atoms with Gasteiger partial charge in [-0.3, -0.25) is 20.0 Å². The summed E-state index contributed by atoms with van der Waals surface area (Å²) in [4.78, 5) is 22.1. The molecule has 5 aliphatic heterocycles. The molecule has 3 saturated heterocycles. The Kier molecular flexibility index (Phi) is 13.2. The molecule has 2 aromatic carbocycles. The van der Waals surface area contributed by atoms with Crippen LogP contribution in [0.2, 0.25) is 5.02 Å². The summed E-state index contributed by atoms with van der Waals surface area (Å²) < 4.78 is 19.3. The Morgan fingerprint density at radius 2 is 1.82 bits per heavy atom. The van der Waals surface area contributed by atoms with E-state index >= 15 is 0 Å². The van der Waals surface area contributed by atoms with Gasteiger partial charge in [-0.25, -0.2) is 10.9 Å². The molecule has 5 heterocycles.